The van der Waals surface area contributed by atoms with Gasteiger partial charge in [-0.2, -0.15) is 13.2 Å². The Kier molecular flexibility index (Phi) is 7.29. The average molecular weight is 408 g/mol. The van der Waals surface area contributed by atoms with Crippen molar-refractivity contribution in [2.24, 2.45) is 0 Å². The lowest BCUT2D eigenvalue weighted by atomic mass is 10.2. The fourth-order valence-corrected chi connectivity index (χ4v) is 2.35. The van der Waals surface area contributed by atoms with Gasteiger partial charge in [0.2, 0.25) is 11.8 Å². The molecule has 0 atom stereocenters. The number of halogens is 3. The minimum atomic E-state index is -5.08. The van der Waals surface area contributed by atoms with Crippen LogP contribution in [0.4, 0.5) is 18.9 Å². The molecular formula is C19H19F3N4O3. The Morgan fingerprint density at radius 3 is 2.03 bits per heavy atom. The predicted octanol–water partition coefficient (Wildman–Crippen LogP) is 4.28. The van der Waals surface area contributed by atoms with E-state index < -0.39 is 12.1 Å². The molecule has 29 heavy (non-hydrogen) atoms. The van der Waals surface area contributed by atoms with Crippen molar-refractivity contribution in [1.82, 2.24) is 15.2 Å². The lowest BCUT2D eigenvalue weighted by Gasteiger charge is -2.20. The van der Waals surface area contributed by atoms with Crippen molar-refractivity contribution in [2.75, 3.05) is 18.0 Å². The van der Waals surface area contributed by atoms with Gasteiger partial charge in [0.25, 0.3) is 0 Å². The number of nitrogens with zero attached hydrogens (tertiary/aromatic N) is 4. The number of anilines is 1. The summed E-state index contributed by atoms with van der Waals surface area (Å²) in [5.41, 5.74) is 2.93. The molecule has 10 heteroatoms. The van der Waals surface area contributed by atoms with Crippen LogP contribution in [0.15, 0.2) is 53.2 Å². The summed E-state index contributed by atoms with van der Waals surface area (Å²) in [6.07, 6.45) is -1.66. The van der Waals surface area contributed by atoms with Crippen molar-refractivity contribution >= 4 is 11.7 Å². The number of aliphatic carboxylic acids is 1. The summed E-state index contributed by atoms with van der Waals surface area (Å²) in [6.45, 7) is 6.27. The average Bonchev–Trinajstić information content (AvgIpc) is 3.20. The van der Waals surface area contributed by atoms with Crippen molar-refractivity contribution in [3.05, 3.63) is 48.8 Å². The van der Waals surface area contributed by atoms with Crippen molar-refractivity contribution in [1.29, 1.82) is 0 Å². The monoisotopic (exact) mass is 408 g/mol. The number of benzene rings is 1. The summed E-state index contributed by atoms with van der Waals surface area (Å²) in [7, 11) is 0. The van der Waals surface area contributed by atoms with Crippen molar-refractivity contribution in [2.45, 2.75) is 20.0 Å². The summed E-state index contributed by atoms with van der Waals surface area (Å²) in [6, 6.07) is 11.9. The van der Waals surface area contributed by atoms with E-state index in [0.29, 0.717) is 11.8 Å². The van der Waals surface area contributed by atoms with Crippen molar-refractivity contribution in [3.8, 4) is 22.9 Å². The zero-order chi connectivity index (χ0) is 21.4. The van der Waals surface area contributed by atoms with Gasteiger partial charge in [0.15, 0.2) is 0 Å². The molecule has 0 radical (unpaired) electrons. The maximum atomic E-state index is 10.6. The Labute approximate surface area is 164 Å². The maximum absolute atomic E-state index is 10.6. The highest BCUT2D eigenvalue weighted by Crippen LogP contribution is 2.25. The zero-order valence-corrected chi connectivity index (χ0v) is 15.7. The second-order valence-corrected chi connectivity index (χ2v) is 5.68. The zero-order valence-electron chi connectivity index (χ0n) is 15.7. The fraction of sp³-hybridized carbons (Fsp3) is 0.263. The molecule has 0 spiro atoms. The first-order valence-corrected chi connectivity index (χ1v) is 8.65. The second kappa shape index (κ2) is 9.67. The van der Waals surface area contributed by atoms with Crippen LogP contribution >= 0.6 is 0 Å². The fourth-order valence-electron chi connectivity index (χ4n) is 2.35. The van der Waals surface area contributed by atoms with Gasteiger partial charge < -0.3 is 14.4 Å². The van der Waals surface area contributed by atoms with Gasteiger partial charge in [-0.25, -0.2) is 4.79 Å². The number of aromatic nitrogens is 3. The third kappa shape index (κ3) is 6.03. The Balaban J connectivity index is 0.000000370. The Bertz CT molecular complexity index is 908. The van der Waals surface area contributed by atoms with Gasteiger partial charge in [-0.1, -0.05) is 0 Å². The van der Waals surface area contributed by atoms with E-state index in [-0.39, 0.29) is 0 Å². The Morgan fingerprint density at radius 1 is 1.03 bits per heavy atom. The first kappa shape index (κ1) is 21.9. The first-order valence-electron chi connectivity index (χ1n) is 8.65. The smallest absolute Gasteiger partial charge is 0.475 e. The van der Waals surface area contributed by atoms with Crippen LogP contribution in [0.1, 0.15) is 13.8 Å². The second-order valence-electron chi connectivity index (χ2n) is 5.68. The minimum Gasteiger partial charge on any atom is -0.475 e. The highest BCUT2D eigenvalue weighted by Gasteiger charge is 2.38. The molecule has 2 heterocycles. The molecule has 1 N–H and O–H groups in total. The molecule has 0 fully saturated rings. The predicted molar refractivity (Wildman–Crippen MR) is 100 cm³/mol. The van der Waals surface area contributed by atoms with E-state index in [1.54, 1.807) is 12.4 Å². The van der Waals surface area contributed by atoms with E-state index in [2.05, 4.69) is 46.1 Å². The van der Waals surface area contributed by atoms with Gasteiger partial charge in [-0.15, -0.1) is 10.2 Å². The van der Waals surface area contributed by atoms with E-state index in [1.807, 2.05) is 24.3 Å². The number of hydrogen-bond acceptors (Lipinski definition) is 6. The summed E-state index contributed by atoms with van der Waals surface area (Å²) in [5.74, 6) is -1.76. The third-order valence-corrected chi connectivity index (χ3v) is 3.82. The highest BCUT2D eigenvalue weighted by atomic mass is 19.4. The molecule has 0 saturated heterocycles. The summed E-state index contributed by atoms with van der Waals surface area (Å²) < 4.78 is 37.5. The van der Waals surface area contributed by atoms with Crippen LogP contribution in [0.5, 0.6) is 0 Å². The third-order valence-electron chi connectivity index (χ3n) is 3.82. The molecule has 0 aliphatic carbocycles. The van der Waals surface area contributed by atoms with Crippen LogP contribution in [0, 0.1) is 0 Å². The van der Waals surface area contributed by atoms with E-state index >= 15 is 0 Å². The molecule has 3 aromatic rings. The molecule has 0 aliphatic heterocycles. The highest BCUT2D eigenvalue weighted by molar-refractivity contribution is 5.73. The molecule has 0 amide bonds. The molecule has 0 bridgehead atoms. The number of rotatable bonds is 5. The molecule has 2 aromatic heterocycles. The van der Waals surface area contributed by atoms with Gasteiger partial charge >= 0.3 is 12.1 Å². The topological polar surface area (TPSA) is 92.4 Å². The van der Waals surface area contributed by atoms with Gasteiger partial charge in [0.1, 0.15) is 0 Å². The van der Waals surface area contributed by atoms with E-state index in [4.69, 9.17) is 14.3 Å². The molecular weight excluding hydrogens is 389 g/mol. The molecule has 7 nitrogen and oxygen atoms in total. The Hall–Kier alpha value is -3.43. The van der Waals surface area contributed by atoms with Gasteiger partial charge in [0, 0.05) is 36.7 Å². The number of hydrogen-bond donors (Lipinski definition) is 1. The number of carboxylic acids is 1. The van der Waals surface area contributed by atoms with Crippen LogP contribution in [0.2, 0.25) is 0 Å². The number of pyridine rings is 1. The molecule has 3 rings (SSSR count). The van der Waals surface area contributed by atoms with E-state index in [1.165, 1.54) is 5.69 Å². The standard InChI is InChI=1S/C17H18N4O.C2HF3O2/c1-3-21(4-2)15-9-7-13(8-10-15)16-19-20-17(22-16)14-6-5-11-18-12-14;3-2(4,5)1(6)7/h5-12H,3-4H2,1-2H3;(H,6,7). The molecule has 0 aliphatic rings. The lowest BCUT2D eigenvalue weighted by molar-refractivity contribution is -0.192. The van der Waals surface area contributed by atoms with Crippen LogP contribution in [0.3, 0.4) is 0 Å². The molecule has 1 aromatic carbocycles. The summed E-state index contributed by atoms with van der Waals surface area (Å²) >= 11 is 0. The van der Waals surface area contributed by atoms with Crippen LogP contribution in [0.25, 0.3) is 22.9 Å². The largest absolute Gasteiger partial charge is 0.490 e. The van der Waals surface area contributed by atoms with Crippen molar-refractivity contribution < 1.29 is 27.5 Å². The normalized spacial score (nSPS) is 10.8. The SMILES string of the molecule is CCN(CC)c1ccc(-c2nnc(-c3cccnc3)o2)cc1.O=C(O)C(F)(F)F. The lowest BCUT2D eigenvalue weighted by Crippen LogP contribution is -2.21. The maximum Gasteiger partial charge on any atom is 0.490 e. The number of alkyl halides is 3. The van der Waals surface area contributed by atoms with Crippen LogP contribution < -0.4 is 4.90 Å². The van der Waals surface area contributed by atoms with E-state index in [0.717, 1.165) is 24.2 Å². The molecule has 0 saturated carbocycles. The minimum absolute atomic E-state index is 0.482. The van der Waals surface area contributed by atoms with Gasteiger partial charge in [-0.05, 0) is 50.2 Å². The quantitative estimate of drug-likeness (QED) is 0.674. The van der Waals surface area contributed by atoms with Crippen molar-refractivity contribution in [3.63, 3.8) is 0 Å². The van der Waals surface area contributed by atoms with Crippen LogP contribution in [-0.4, -0.2) is 45.5 Å². The van der Waals surface area contributed by atoms with Gasteiger partial charge in [0.05, 0.1) is 5.56 Å². The van der Waals surface area contributed by atoms with Gasteiger partial charge in [-0.3, -0.25) is 4.98 Å². The molecule has 154 valence electrons. The summed E-state index contributed by atoms with van der Waals surface area (Å²) in [4.78, 5) is 15.2. The van der Waals surface area contributed by atoms with Crippen LogP contribution in [-0.2, 0) is 4.79 Å². The first-order chi connectivity index (χ1) is 13.8. The summed E-state index contributed by atoms with van der Waals surface area (Å²) in [5, 5.41) is 15.3. The molecule has 0 unspecified atom stereocenters. The Morgan fingerprint density at radius 2 is 1.59 bits per heavy atom. The number of carboxylic acid groups (broad SMARTS) is 1. The van der Waals surface area contributed by atoms with E-state index in [9.17, 15) is 13.2 Å². The number of carbonyl (C=O) groups is 1.